The average molecular weight is 202 g/mol. The van der Waals surface area contributed by atoms with Crippen LogP contribution in [0.4, 0.5) is 0 Å². The molecule has 1 N–H and O–H groups in total. The van der Waals surface area contributed by atoms with Gasteiger partial charge in [-0.1, -0.05) is 42.0 Å². The lowest BCUT2D eigenvalue weighted by atomic mass is 10.1. The fourth-order valence-corrected chi connectivity index (χ4v) is 1.34. The van der Waals surface area contributed by atoms with Crippen molar-refractivity contribution in [3.8, 4) is 11.3 Å². The molecule has 1 aromatic heterocycles. The van der Waals surface area contributed by atoms with E-state index in [2.05, 4.69) is 41.2 Å². The van der Waals surface area contributed by atoms with Crippen LogP contribution < -0.4 is 0 Å². The summed E-state index contributed by atoms with van der Waals surface area (Å²) in [5.74, 6) is 0. The van der Waals surface area contributed by atoms with Gasteiger partial charge in [-0.3, -0.25) is 4.98 Å². The van der Waals surface area contributed by atoms with E-state index in [1.54, 1.807) is 6.20 Å². The van der Waals surface area contributed by atoms with Gasteiger partial charge in [-0.15, -0.1) is 0 Å². The molecule has 0 amide bonds. The summed E-state index contributed by atoms with van der Waals surface area (Å²) < 4.78 is 0.654. The summed E-state index contributed by atoms with van der Waals surface area (Å²) in [4.78, 5) is 7.21. The SMILES string of the molecule is Cc1ccc(-c2c[nH]c(=S)cn2)cc1. The largest absolute Gasteiger partial charge is 0.350 e. The molecule has 0 fully saturated rings. The van der Waals surface area contributed by atoms with E-state index in [9.17, 15) is 0 Å². The van der Waals surface area contributed by atoms with Crippen LogP contribution in [0.15, 0.2) is 36.7 Å². The van der Waals surface area contributed by atoms with Crippen LogP contribution in [0.3, 0.4) is 0 Å². The maximum Gasteiger partial charge on any atom is 0.121 e. The van der Waals surface area contributed by atoms with E-state index in [-0.39, 0.29) is 0 Å². The average Bonchev–Trinajstić information content (AvgIpc) is 2.21. The summed E-state index contributed by atoms with van der Waals surface area (Å²) in [5, 5.41) is 0. The summed E-state index contributed by atoms with van der Waals surface area (Å²) in [6, 6.07) is 8.24. The molecule has 2 aromatic rings. The maximum atomic E-state index is 4.92. The Morgan fingerprint density at radius 3 is 2.50 bits per heavy atom. The van der Waals surface area contributed by atoms with Gasteiger partial charge in [-0.25, -0.2) is 0 Å². The number of H-pyrrole nitrogens is 1. The summed E-state index contributed by atoms with van der Waals surface area (Å²) in [5.41, 5.74) is 3.26. The molecule has 0 saturated heterocycles. The quantitative estimate of drug-likeness (QED) is 0.720. The molecule has 0 spiro atoms. The van der Waals surface area contributed by atoms with E-state index >= 15 is 0 Å². The minimum atomic E-state index is 0.654. The van der Waals surface area contributed by atoms with Gasteiger partial charge in [0.1, 0.15) is 4.64 Å². The third-order valence-corrected chi connectivity index (χ3v) is 2.24. The predicted octanol–water partition coefficient (Wildman–Crippen LogP) is 3.11. The zero-order chi connectivity index (χ0) is 9.97. The van der Waals surface area contributed by atoms with Gasteiger partial charge in [0.05, 0.1) is 11.9 Å². The van der Waals surface area contributed by atoms with Crippen molar-refractivity contribution in [1.29, 1.82) is 0 Å². The van der Waals surface area contributed by atoms with Crippen molar-refractivity contribution in [2.45, 2.75) is 6.92 Å². The van der Waals surface area contributed by atoms with Crippen LogP contribution >= 0.6 is 12.2 Å². The Labute approximate surface area is 87.7 Å². The number of hydrogen-bond donors (Lipinski definition) is 1. The topological polar surface area (TPSA) is 28.7 Å². The van der Waals surface area contributed by atoms with E-state index in [0.717, 1.165) is 11.3 Å². The molecule has 0 aliphatic heterocycles. The summed E-state index contributed by atoms with van der Waals surface area (Å²) in [6.45, 7) is 2.07. The normalized spacial score (nSPS) is 10.1. The molecule has 2 rings (SSSR count). The van der Waals surface area contributed by atoms with Crippen LogP contribution in [0.2, 0.25) is 0 Å². The van der Waals surface area contributed by atoms with E-state index < -0.39 is 0 Å². The first-order chi connectivity index (χ1) is 6.75. The molecule has 0 bridgehead atoms. The number of hydrogen-bond acceptors (Lipinski definition) is 2. The van der Waals surface area contributed by atoms with Crippen molar-refractivity contribution in [1.82, 2.24) is 9.97 Å². The number of aromatic nitrogens is 2. The lowest BCUT2D eigenvalue weighted by Gasteiger charge is -2.00. The van der Waals surface area contributed by atoms with Crippen molar-refractivity contribution in [3.63, 3.8) is 0 Å². The van der Waals surface area contributed by atoms with Gasteiger partial charge in [0.2, 0.25) is 0 Å². The Hall–Kier alpha value is -1.48. The number of nitrogens with zero attached hydrogens (tertiary/aromatic N) is 1. The lowest BCUT2D eigenvalue weighted by molar-refractivity contribution is 1.18. The van der Waals surface area contributed by atoms with Crippen LogP contribution in [0, 0.1) is 11.6 Å². The Balaban J connectivity index is 2.44. The molecular weight excluding hydrogens is 192 g/mol. The molecule has 2 nitrogen and oxygen atoms in total. The number of benzene rings is 1. The molecule has 1 aromatic carbocycles. The molecular formula is C11H10N2S. The third kappa shape index (κ3) is 1.88. The lowest BCUT2D eigenvalue weighted by Crippen LogP contribution is -1.85. The molecule has 0 aliphatic carbocycles. The van der Waals surface area contributed by atoms with Crippen LogP contribution in [0.1, 0.15) is 5.56 Å². The zero-order valence-corrected chi connectivity index (χ0v) is 8.64. The first kappa shape index (κ1) is 9.09. The maximum absolute atomic E-state index is 4.92. The van der Waals surface area contributed by atoms with Crippen molar-refractivity contribution in [2.75, 3.05) is 0 Å². The van der Waals surface area contributed by atoms with E-state index in [1.807, 2.05) is 6.20 Å². The highest BCUT2D eigenvalue weighted by atomic mass is 32.1. The van der Waals surface area contributed by atoms with Gasteiger partial charge >= 0.3 is 0 Å². The third-order valence-electron chi connectivity index (χ3n) is 2.02. The standard InChI is InChI=1S/C11H10N2S/c1-8-2-4-9(5-3-8)10-6-13-11(14)7-12-10/h2-7H,1H3,(H,13,14). The van der Waals surface area contributed by atoms with Crippen LogP contribution in [0.5, 0.6) is 0 Å². The molecule has 3 heteroatoms. The second-order valence-electron chi connectivity index (χ2n) is 3.16. The second kappa shape index (κ2) is 3.72. The number of aromatic amines is 1. The van der Waals surface area contributed by atoms with Crippen molar-refractivity contribution < 1.29 is 0 Å². The number of rotatable bonds is 1. The first-order valence-corrected chi connectivity index (χ1v) is 4.78. The molecule has 0 radical (unpaired) electrons. The van der Waals surface area contributed by atoms with Crippen molar-refractivity contribution in [3.05, 3.63) is 46.9 Å². The highest BCUT2D eigenvalue weighted by Gasteiger charge is 1.96. The summed E-state index contributed by atoms with van der Waals surface area (Å²) in [6.07, 6.45) is 3.48. The zero-order valence-electron chi connectivity index (χ0n) is 7.82. The highest BCUT2D eigenvalue weighted by Crippen LogP contribution is 2.15. The van der Waals surface area contributed by atoms with E-state index in [1.165, 1.54) is 5.56 Å². The summed E-state index contributed by atoms with van der Waals surface area (Å²) >= 11 is 4.92. The van der Waals surface area contributed by atoms with E-state index in [0.29, 0.717) is 4.64 Å². The molecule has 70 valence electrons. The Kier molecular flexibility index (Phi) is 2.41. The molecule has 0 aliphatic rings. The monoisotopic (exact) mass is 202 g/mol. The van der Waals surface area contributed by atoms with Crippen molar-refractivity contribution in [2.24, 2.45) is 0 Å². The number of aryl methyl sites for hydroxylation is 1. The molecule has 1 heterocycles. The van der Waals surface area contributed by atoms with E-state index in [4.69, 9.17) is 12.2 Å². The molecule has 0 unspecified atom stereocenters. The highest BCUT2D eigenvalue weighted by molar-refractivity contribution is 7.71. The molecule has 0 saturated carbocycles. The van der Waals surface area contributed by atoms with Crippen molar-refractivity contribution >= 4 is 12.2 Å². The Morgan fingerprint density at radius 2 is 1.93 bits per heavy atom. The Bertz CT molecular complexity index is 465. The van der Waals surface area contributed by atoms with Crippen LogP contribution in [-0.2, 0) is 0 Å². The summed E-state index contributed by atoms with van der Waals surface area (Å²) in [7, 11) is 0. The fraction of sp³-hybridized carbons (Fsp3) is 0.0909. The predicted molar refractivity (Wildman–Crippen MR) is 59.6 cm³/mol. The van der Waals surface area contributed by atoms with Gasteiger partial charge < -0.3 is 4.98 Å². The van der Waals surface area contributed by atoms with Gasteiger partial charge in [0.15, 0.2) is 0 Å². The van der Waals surface area contributed by atoms with Gasteiger partial charge in [0.25, 0.3) is 0 Å². The van der Waals surface area contributed by atoms with Gasteiger partial charge in [0, 0.05) is 11.8 Å². The minimum Gasteiger partial charge on any atom is -0.350 e. The second-order valence-corrected chi connectivity index (χ2v) is 3.60. The van der Waals surface area contributed by atoms with Gasteiger partial charge in [-0.2, -0.15) is 0 Å². The smallest absolute Gasteiger partial charge is 0.121 e. The number of nitrogens with one attached hydrogen (secondary N) is 1. The first-order valence-electron chi connectivity index (χ1n) is 4.37. The van der Waals surface area contributed by atoms with Crippen LogP contribution in [-0.4, -0.2) is 9.97 Å². The fourth-order valence-electron chi connectivity index (χ4n) is 1.22. The van der Waals surface area contributed by atoms with Gasteiger partial charge in [-0.05, 0) is 6.92 Å². The Morgan fingerprint density at radius 1 is 1.21 bits per heavy atom. The molecule has 14 heavy (non-hydrogen) atoms. The van der Waals surface area contributed by atoms with Crippen LogP contribution in [0.25, 0.3) is 11.3 Å². The minimum absolute atomic E-state index is 0.654. The molecule has 0 atom stereocenters.